The van der Waals surface area contributed by atoms with Crippen LogP contribution in [0.3, 0.4) is 0 Å². The Bertz CT molecular complexity index is 563. The van der Waals surface area contributed by atoms with Gasteiger partial charge in [0.1, 0.15) is 5.52 Å². The molecule has 0 bridgehead atoms. The third-order valence-electron chi connectivity index (χ3n) is 2.27. The van der Waals surface area contributed by atoms with Gasteiger partial charge in [-0.2, -0.15) is 0 Å². The summed E-state index contributed by atoms with van der Waals surface area (Å²) in [6.45, 7) is 1.70. The van der Waals surface area contributed by atoms with Crippen LogP contribution in [0, 0.1) is 0 Å². The first-order chi connectivity index (χ1) is 7.83. The predicted molar refractivity (Wildman–Crippen MR) is 68.6 cm³/mol. The topological polar surface area (TPSA) is 49.3 Å². The molecule has 0 radical (unpaired) electrons. The van der Waals surface area contributed by atoms with E-state index in [0.29, 0.717) is 5.02 Å². The molecule has 2 N–H and O–H groups in total. The number of thiazole rings is 1. The van der Waals surface area contributed by atoms with E-state index in [0.717, 1.165) is 34.4 Å². The molecule has 2 heterocycles. The minimum atomic E-state index is 0.683. The molecule has 0 spiro atoms. The lowest BCUT2D eigenvalue weighted by Crippen LogP contribution is -2.25. The van der Waals surface area contributed by atoms with Crippen molar-refractivity contribution in [1.29, 1.82) is 0 Å². The van der Waals surface area contributed by atoms with Gasteiger partial charge in [-0.15, -0.1) is 0 Å². The van der Waals surface area contributed by atoms with Crippen LogP contribution in [0.5, 0.6) is 0 Å². The van der Waals surface area contributed by atoms with Crippen LogP contribution in [0.1, 0.15) is 0 Å². The monoisotopic (exact) mass is 252 g/mol. The molecule has 6 heteroatoms. The van der Waals surface area contributed by atoms with Gasteiger partial charge in [-0.25, -0.2) is 4.98 Å². The molecule has 4 nitrogen and oxygen atoms in total. The molecule has 0 aliphatic carbocycles. The maximum Gasteiger partial charge on any atom is 0.197 e. The fourth-order valence-electron chi connectivity index (χ4n) is 1.55. The van der Waals surface area contributed by atoms with Gasteiger partial charge in [0.15, 0.2) is 11.1 Å². The first-order valence-electron chi connectivity index (χ1n) is 4.93. The molecule has 1 aromatic heterocycles. The highest BCUT2D eigenvalue weighted by Gasteiger charge is 2.10. The largest absolute Gasteiger partial charge is 0.354 e. The van der Waals surface area contributed by atoms with Gasteiger partial charge in [0.25, 0.3) is 0 Å². The first kappa shape index (κ1) is 9.86. The molecule has 0 fully saturated rings. The molecule has 0 atom stereocenters. The number of nitrogens with zero attached hydrogens (tertiary/aromatic N) is 2. The zero-order chi connectivity index (χ0) is 11.0. The van der Waals surface area contributed by atoms with Gasteiger partial charge in [-0.3, -0.25) is 4.99 Å². The second kappa shape index (κ2) is 3.92. The highest BCUT2D eigenvalue weighted by Crippen LogP contribution is 2.30. The number of anilines is 1. The lowest BCUT2D eigenvalue weighted by Gasteiger charge is -2.00. The fourth-order valence-corrected chi connectivity index (χ4v) is 2.72. The Morgan fingerprint density at radius 3 is 3.12 bits per heavy atom. The van der Waals surface area contributed by atoms with E-state index in [9.17, 15) is 0 Å². The number of halogens is 1. The van der Waals surface area contributed by atoms with Crippen LogP contribution in [-0.2, 0) is 0 Å². The molecule has 1 aliphatic rings. The molecule has 1 aromatic carbocycles. The van der Waals surface area contributed by atoms with Crippen LogP contribution < -0.4 is 10.6 Å². The molecule has 16 heavy (non-hydrogen) atoms. The average Bonchev–Trinajstić information content (AvgIpc) is 2.88. The molecule has 0 saturated heterocycles. The SMILES string of the molecule is Clc1cccc2sc(NC3=NCCN3)nc12. The smallest absolute Gasteiger partial charge is 0.197 e. The van der Waals surface area contributed by atoms with Crippen molar-refractivity contribution in [2.45, 2.75) is 0 Å². The van der Waals surface area contributed by atoms with Crippen molar-refractivity contribution in [2.75, 3.05) is 18.4 Å². The van der Waals surface area contributed by atoms with Gasteiger partial charge in [0.2, 0.25) is 0 Å². The Kier molecular flexibility index (Phi) is 2.41. The van der Waals surface area contributed by atoms with Gasteiger partial charge >= 0.3 is 0 Å². The van der Waals surface area contributed by atoms with E-state index in [4.69, 9.17) is 11.6 Å². The third kappa shape index (κ3) is 1.72. The number of hydrogen-bond donors (Lipinski definition) is 2. The number of hydrogen-bond acceptors (Lipinski definition) is 5. The number of guanidine groups is 1. The molecule has 2 aromatic rings. The molecular weight excluding hydrogens is 244 g/mol. The second-order valence-corrected chi connectivity index (χ2v) is 4.83. The summed E-state index contributed by atoms with van der Waals surface area (Å²) in [6.07, 6.45) is 0. The Hall–Kier alpha value is -1.33. The normalized spacial score (nSPS) is 14.9. The van der Waals surface area contributed by atoms with Crippen molar-refractivity contribution >= 4 is 44.2 Å². The lowest BCUT2D eigenvalue weighted by atomic mass is 10.3. The van der Waals surface area contributed by atoms with Crippen LogP contribution in [0.4, 0.5) is 5.13 Å². The van der Waals surface area contributed by atoms with Crippen molar-refractivity contribution in [3.8, 4) is 0 Å². The number of aromatic nitrogens is 1. The fraction of sp³-hybridized carbons (Fsp3) is 0.200. The number of fused-ring (bicyclic) bond motifs is 1. The summed E-state index contributed by atoms with van der Waals surface area (Å²) >= 11 is 7.63. The zero-order valence-electron chi connectivity index (χ0n) is 8.33. The standard InChI is InChI=1S/C10H9ClN4S/c11-6-2-1-3-7-8(6)14-10(16-7)15-9-12-4-5-13-9/h1-3H,4-5H2,(H2,12,13,14,15). The van der Waals surface area contributed by atoms with Crippen LogP contribution in [-0.4, -0.2) is 24.0 Å². The van der Waals surface area contributed by atoms with E-state index >= 15 is 0 Å². The molecule has 0 saturated carbocycles. The maximum absolute atomic E-state index is 6.06. The first-order valence-corrected chi connectivity index (χ1v) is 6.13. The lowest BCUT2D eigenvalue weighted by molar-refractivity contribution is 0.959. The summed E-state index contributed by atoms with van der Waals surface area (Å²) in [5.41, 5.74) is 0.843. The number of para-hydroxylation sites is 1. The molecular formula is C10H9ClN4S. The van der Waals surface area contributed by atoms with Crippen LogP contribution in [0.15, 0.2) is 23.2 Å². The number of aliphatic imine (C=N–C) groups is 1. The number of benzene rings is 1. The quantitative estimate of drug-likeness (QED) is 0.819. The predicted octanol–water partition coefficient (Wildman–Crippen LogP) is 2.32. The van der Waals surface area contributed by atoms with E-state index in [2.05, 4.69) is 20.6 Å². The Morgan fingerprint density at radius 2 is 2.38 bits per heavy atom. The van der Waals surface area contributed by atoms with Gasteiger partial charge in [0, 0.05) is 6.54 Å². The van der Waals surface area contributed by atoms with E-state index in [1.165, 1.54) is 0 Å². The highest BCUT2D eigenvalue weighted by atomic mass is 35.5. The average molecular weight is 253 g/mol. The minimum absolute atomic E-state index is 0.683. The minimum Gasteiger partial charge on any atom is -0.354 e. The van der Waals surface area contributed by atoms with E-state index < -0.39 is 0 Å². The summed E-state index contributed by atoms with van der Waals surface area (Å²) in [4.78, 5) is 8.68. The highest BCUT2D eigenvalue weighted by molar-refractivity contribution is 7.22. The van der Waals surface area contributed by atoms with E-state index in [-0.39, 0.29) is 0 Å². The van der Waals surface area contributed by atoms with Crippen molar-refractivity contribution in [3.63, 3.8) is 0 Å². The van der Waals surface area contributed by atoms with Crippen molar-refractivity contribution in [1.82, 2.24) is 10.3 Å². The maximum atomic E-state index is 6.06. The summed E-state index contributed by atoms with van der Waals surface area (Å²) in [5.74, 6) is 0.787. The number of rotatable bonds is 1. The number of nitrogens with one attached hydrogen (secondary N) is 2. The van der Waals surface area contributed by atoms with Crippen LogP contribution in [0.25, 0.3) is 10.2 Å². The Labute approximate surface area is 101 Å². The Balaban J connectivity index is 1.96. The summed E-state index contributed by atoms with van der Waals surface area (Å²) < 4.78 is 1.08. The second-order valence-electron chi connectivity index (χ2n) is 3.39. The van der Waals surface area contributed by atoms with Crippen molar-refractivity contribution in [3.05, 3.63) is 23.2 Å². The van der Waals surface area contributed by atoms with Crippen molar-refractivity contribution in [2.24, 2.45) is 4.99 Å². The zero-order valence-corrected chi connectivity index (χ0v) is 9.90. The summed E-state index contributed by atoms with van der Waals surface area (Å²) in [5, 5.41) is 7.78. The van der Waals surface area contributed by atoms with Crippen LogP contribution >= 0.6 is 22.9 Å². The van der Waals surface area contributed by atoms with Crippen LogP contribution in [0.2, 0.25) is 5.02 Å². The van der Waals surface area contributed by atoms with E-state index in [1.807, 2.05) is 18.2 Å². The summed E-state index contributed by atoms with van der Waals surface area (Å²) in [6, 6.07) is 5.78. The van der Waals surface area contributed by atoms with Gasteiger partial charge < -0.3 is 10.6 Å². The van der Waals surface area contributed by atoms with Gasteiger partial charge in [-0.1, -0.05) is 29.0 Å². The third-order valence-corrected chi connectivity index (χ3v) is 3.51. The molecule has 82 valence electrons. The molecule has 0 unspecified atom stereocenters. The molecule has 0 amide bonds. The van der Waals surface area contributed by atoms with Gasteiger partial charge in [0.05, 0.1) is 16.3 Å². The van der Waals surface area contributed by atoms with Crippen molar-refractivity contribution < 1.29 is 0 Å². The Morgan fingerprint density at radius 1 is 1.44 bits per heavy atom. The van der Waals surface area contributed by atoms with E-state index in [1.54, 1.807) is 11.3 Å². The molecule has 1 aliphatic heterocycles. The molecule has 3 rings (SSSR count). The summed E-state index contributed by atoms with van der Waals surface area (Å²) in [7, 11) is 0. The van der Waals surface area contributed by atoms with Gasteiger partial charge in [-0.05, 0) is 12.1 Å².